The fraction of sp³-hybridized carbons (Fsp3) is 0.136. The van der Waals surface area contributed by atoms with Crippen molar-refractivity contribution in [3.05, 3.63) is 83.7 Å². The number of carbonyl (C=O) groups is 1. The molecule has 0 unspecified atom stereocenters. The van der Waals surface area contributed by atoms with E-state index in [0.717, 1.165) is 24.2 Å². The molecular formula is C22H17F3N4O. The predicted molar refractivity (Wildman–Crippen MR) is 107 cm³/mol. The summed E-state index contributed by atoms with van der Waals surface area (Å²) in [4.78, 5) is 17.1. The number of halogens is 3. The third-order valence-electron chi connectivity index (χ3n) is 4.67. The molecule has 0 radical (unpaired) electrons. The van der Waals surface area contributed by atoms with Gasteiger partial charge in [-0.2, -0.15) is 18.3 Å². The maximum absolute atomic E-state index is 13.7. The molecule has 4 rings (SSSR count). The van der Waals surface area contributed by atoms with Gasteiger partial charge in [-0.05, 0) is 30.2 Å². The molecule has 1 N–H and O–H groups in total. The van der Waals surface area contributed by atoms with Crippen LogP contribution < -0.4 is 5.32 Å². The van der Waals surface area contributed by atoms with Crippen LogP contribution in [0.25, 0.3) is 16.9 Å². The number of anilines is 1. The average molecular weight is 410 g/mol. The second-order valence-electron chi connectivity index (χ2n) is 6.69. The fourth-order valence-electron chi connectivity index (χ4n) is 3.15. The SMILES string of the molecule is CCc1cccc(NC(=O)c2cnn3c(C(F)(F)F)cc(-c4ccccc4)nc23)c1. The van der Waals surface area contributed by atoms with Gasteiger partial charge in [-0.15, -0.1) is 0 Å². The zero-order valence-corrected chi connectivity index (χ0v) is 15.9. The molecule has 2 aromatic heterocycles. The van der Waals surface area contributed by atoms with Crippen LogP contribution in [0.4, 0.5) is 18.9 Å². The Morgan fingerprint density at radius 3 is 2.53 bits per heavy atom. The first-order valence-corrected chi connectivity index (χ1v) is 9.28. The molecule has 0 aliphatic carbocycles. The van der Waals surface area contributed by atoms with E-state index in [1.807, 2.05) is 19.1 Å². The van der Waals surface area contributed by atoms with Crippen LogP contribution in [0.5, 0.6) is 0 Å². The Bertz CT molecular complexity index is 1220. The third kappa shape index (κ3) is 3.76. The molecule has 0 aliphatic heterocycles. The van der Waals surface area contributed by atoms with E-state index in [1.54, 1.807) is 42.5 Å². The van der Waals surface area contributed by atoms with Gasteiger partial charge in [0.05, 0.1) is 11.9 Å². The summed E-state index contributed by atoms with van der Waals surface area (Å²) < 4.78 is 41.7. The quantitative estimate of drug-likeness (QED) is 0.501. The number of hydrogen-bond acceptors (Lipinski definition) is 3. The van der Waals surface area contributed by atoms with Gasteiger partial charge in [-0.1, -0.05) is 49.4 Å². The Labute approximate surface area is 170 Å². The van der Waals surface area contributed by atoms with Crippen molar-refractivity contribution in [1.82, 2.24) is 14.6 Å². The summed E-state index contributed by atoms with van der Waals surface area (Å²) in [7, 11) is 0. The molecule has 4 aromatic rings. The molecule has 0 spiro atoms. The Kier molecular flexibility index (Phi) is 4.99. The van der Waals surface area contributed by atoms with Crippen LogP contribution in [0.3, 0.4) is 0 Å². The van der Waals surface area contributed by atoms with Gasteiger partial charge in [0.1, 0.15) is 5.56 Å². The summed E-state index contributed by atoms with van der Waals surface area (Å²) in [6.07, 6.45) is -2.78. The van der Waals surface area contributed by atoms with Crippen molar-refractivity contribution in [2.45, 2.75) is 19.5 Å². The molecule has 0 saturated heterocycles. The highest BCUT2D eigenvalue weighted by Gasteiger charge is 2.36. The molecule has 8 heteroatoms. The number of benzene rings is 2. The second-order valence-corrected chi connectivity index (χ2v) is 6.69. The van der Waals surface area contributed by atoms with Crippen molar-refractivity contribution < 1.29 is 18.0 Å². The Hall–Kier alpha value is -3.68. The first kappa shape index (κ1) is 19.6. The van der Waals surface area contributed by atoms with E-state index in [2.05, 4.69) is 15.4 Å². The molecule has 152 valence electrons. The Balaban J connectivity index is 1.82. The number of carbonyl (C=O) groups excluding carboxylic acids is 1. The van der Waals surface area contributed by atoms with Crippen LogP contribution in [-0.2, 0) is 12.6 Å². The lowest BCUT2D eigenvalue weighted by molar-refractivity contribution is -0.142. The summed E-state index contributed by atoms with van der Waals surface area (Å²) in [5.41, 5.74) is 0.989. The zero-order chi connectivity index (χ0) is 21.3. The van der Waals surface area contributed by atoms with Crippen molar-refractivity contribution in [3.8, 4) is 11.3 Å². The zero-order valence-electron chi connectivity index (χ0n) is 15.9. The van der Waals surface area contributed by atoms with E-state index in [1.165, 1.54) is 0 Å². The van der Waals surface area contributed by atoms with Crippen molar-refractivity contribution in [2.75, 3.05) is 5.32 Å². The van der Waals surface area contributed by atoms with Gasteiger partial charge in [-0.3, -0.25) is 4.79 Å². The topological polar surface area (TPSA) is 59.3 Å². The molecule has 1 amide bonds. The molecule has 0 atom stereocenters. The van der Waals surface area contributed by atoms with Gasteiger partial charge in [0.25, 0.3) is 5.91 Å². The molecule has 0 aliphatic rings. The minimum atomic E-state index is -4.67. The van der Waals surface area contributed by atoms with Crippen LogP contribution in [0.15, 0.2) is 66.9 Å². The van der Waals surface area contributed by atoms with Crippen molar-refractivity contribution in [3.63, 3.8) is 0 Å². The standard InChI is InChI=1S/C22H17F3N4O/c1-2-14-7-6-10-16(11-14)27-21(30)17-13-26-29-19(22(23,24)25)12-18(28-20(17)29)15-8-4-3-5-9-15/h3-13H,2H2,1H3,(H,27,30). The highest BCUT2D eigenvalue weighted by molar-refractivity contribution is 6.08. The van der Waals surface area contributed by atoms with Crippen molar-refractivity contribution >= 4 is 17.2 Å². The second kappa shape index (κ2) is 7.62. The Morgan fingerprint density at radius 2 is 1.83 bits per heavy atom. The van der Waals surface area contributed by atoms with Crippen LogP contribution in [0, 0.1) is 0 Å². The number of alkyl halides is 3. The number of hydrogen-bond donors (Lipinski definition) is 1. The number of amides is 1. The molecular weight excluding hydrogens is 393 g/mol. The minimum Gasteiger partial charge on any atom is -0.322 e. The molecule has 0 bridgehead atoms. The van der Waals surface area contributed by atoms with E-state index in [4.69, 9.17) is 0 Å². The van der Waals surface area contributed by atoms with Crippen LogP contribution in [-0.4, -0.2) is 20.5 Å². The van der Waals surface area contributed by atoms with E-state index in [-0.39, 0.29) is 16.9 Å². The lowest BCUT2D eigenvalue weighted by atomic mass is 10.1. The first-order valence-electron chi connectivity index (χ1n) is 9.28. The largest absolute Gasteiger partial charge is 0.433 e. The van der Waals surface area contributed by atoms with Gasteiger partial charge in [0.15, 0.2) is 11.3 Å². The number of aryl methyl sites for hydroxylation is 1. The van der Waals surface area contributed by atoms with Crippen LogP contribution in [0.2, 0.25) is 0 Å². The minimum absolute atomic E-state index is 0.0415. The summed E-state index contributed by atoms with van der Waals surface area (Å²) >= 11 is 0. The summed E-state index contributed by atoms with van der Waals surface area (Å²) in [5, 5.41) is 6.50. The van der Waals surface area contributed by atoms with Gasteiger partial charge in [0.2, 0.25) is 0 Å². The monoisotopic (exact) mass is 410 g/mol. The number of nitrogens with one attached hydrogen (secondary N) is 1. The molecule has 30 heavy (non-hydrogen) atoms. The number of nitrogens with zero attached hydrogens (tertiary/aromatic N) is 3. The van der Waals surface area contributed by atoms with Gasteiger partial charge < -0.3 is 5.32 Å². The third-order valence-corrected chi connectivity index (χ3v) is 4.67. The average Bonchev–Trinajstić information content (AvgIpc) is 3.17. The molecule has 5 nitrogen and oxygen atoms in total. The lowest BCUT2D eigenvalue weighted by Crippen LogP contribution is -2.16. The van der Waals surface area contributed by atoms with Crippen LogP contribution in [0.1, 0.15) is 28.5 Å². The smallest absolute Gasteiger partial charge is 0.322 e. The van der Waals surface area contributed by atoms with E-state index in [0.29, 0.717) is 15.8 Å². The number of fused-ring (bicyclic) bond motifs is 1. The van der Waals surface area contributed by atoms with Gasteiger partial charge >= 0.3 is 6.18 Å². The predicted octanol–water partition coefficient (Wildman–Crippen LogP) is 5.23. The molecule has 2 aromatic carbocycles. The highest BCUT2D eigenvalue weighted by Crippen LogP contribution is 2.32. The number of aromatic nitrogens is 3. The van der Waals surface area contributed by atoms with Crippen molar-refractivity contribution in [1.29, 1.82) is 0 Å². The van der Waals surface area contributed by atoms with Gasteiger partial charge in [-0.25, -0.2) is 9.50 Å². The maximum Gasteiger partial charge on any atom is 0.433 e. The fourth-order valence-corrected chi connectivity index (χ4v) is 3.15. The van der Waals surface area contributed by atoms with E-state index < -0.39 is 17.8 Å². The van der Waals surface area contributed by atoms with Crippen LogP contribution >= 0.6 is 0 Å². The summed E-state index contributed by atoms with van der Waals surface area (Å²) in [5.74, 6) is -0.580. The van der Waals surface area contributed by atoms with Gasteiger partial charge in [0, 0.05) is 11.3 Å². The van der Waals surface area contributed by atoms with E-state index in [9.17, 15) is 18.0 Å². The first-order chi connectivity index (χ1) is 14.4. The summed E-state index contributed by atoms with van der Waals surface area (Å²) in [6, 6.07) is 16.7. The molecule has 2 heterocycles. The Morgan fingerprint density at radius 1 is 1.07 bits per heavy atom. The van der Waals surface area contributed by atoms with Crippen molar-refractivity contribution in [2.24, 2.45) is 0 Å². The maximum atomic E-state index is 13.7. The summed E-state index contributed by atoms with van der Waals surface area (Å²) in [6.45, 7) is 1.99. The molecule has 0 saturated carbocycles. The lowest BCUT2D eigenvalue weighted by Gasteiger charge is -2.12. The highest BCUT2D eigenvalue weighted by atomic mass is 19.4. The normalized spacial score (nSPS) is 11.6. The molecule has 0 fully saturated rings. The number of rotatable bonds is 4. The van der Waals surface area contributed by atoms with E-state index >= 15 is 0 Å².